The third-order valence-corrected chi connectivity index (χ3v) is 4.75. The van der Waals surface area contributed by atoms with Crippen molar-refractivity contribution in [2.75, 3.05) is 7.11 Å². The second-order valence-electron chi connectivity index (χ2n) is 7.64. The van der Waals surface area contributed by atoms with Gasteiger partial charge in [0.15, 0.2) is 0 Å². The van der Waals surface area contributed by atoms with Crippen molar-refractivity contribution in [2.24, 2.45) is 5.92 Å². The lowest BCUT2D eigenvalue weighted by Gasteiger charge is -2.31. The molecule has 1 aliphatic rings. The summed E-state index contributed by atoms with van der Waals surface area (Å²) in [5.41, 5.74) is 0.138. The highest BCUT2D eigenvalue weighted by Crippen LogP contribution is 2.21. The molecule has 0 saturated carbocycles. The molecule has 0 radical (unpaired) electrons. The molecule has 1 aromatic rings. The zero-order chi connectivity index (χ0) is 22.4. The number of hydrogen-bond donors (Lipinski definition) is 4. The van der Waals surface area contributed by atoms with Crippen LogP contribution in [0.1, 0.15) is 37.0 Å². The number of rotatable bonds is 7. The predicted molar refractivity (Wildman–Crippen MR) is 106 cm³/mol. The quantitative estimate of drug-likeness (QED) is 0.479. The van der Waals surface area contributed by atoms with Crippen molar-refractivity contribution < 1.29 is 33.7 Å². The van der Waals surface area contributed by atoms with Crippen molar-refractivity contribution >= 4 is 17.8 Å². The van der Waals surface area contributed by atoms with Crippen LogP contribution in [0, 0.1) is 11.7 Å². The van der Waals surface area contributed by atoms with E-state index in [4.69, 9.17) is 4.74 Å². The minimum atomic E-state index is -1.36. The molecule has 8 nitrogen and oxygen atoms in total. The van der Waals surface area contributed by atoms with E-state index in [1.165, 1.54) is 31.4 Å². The summed E-state index contributed by atoms with van der Waals surface area (Å²) in [6.45, 7) is 3.78. The molecule has 4 N–H and O–H groups in total. The Morgan fingerprint density at radius 1 is 1.23 bits per heavy atom. The van der Waals surface area contributed by atoms with Gasteiger partial charge in [-0.3, -0.25) is 9.59 Å². The normalized spacial score (nSPS) is 22.1. The van der Waals surface area contributed by atoms with Gasteiger partial charge < -0.3 is 25.6 Å². The zero-order valence-electron chi connectivity index (χ0n) is 17.1. The van der Waals surface area contributed by atoms with Gasteiger partial charge in [0, 0.05) is 17.6 Å². The number of hydrogen-bond acceptors (Lipinski definition) is 6. The maximum absolute atomic E-state index is 13.3. The van der Waals surface area contributed by atoms with Crippen LogP contribution in [0.5, 0.6) is 0 Å². The first-order valence-corrected chi connectivity index (χ1v) is 9.64. The van der Waals surface area contributed by atoms with Crippen LogP contribution in [0.4, 0.5) is 4.39 Å². The molecule has 164 valence electrons. The van der Waals surface area contributed by atoms with E-state index in [1.54, 1.807) is 0 Å². The van der Waals surface area contributed by atoms with E-state index >= 15 is 0 Å². The van der Waals surface area contributed by atoms with E-state index < -0.39 is 47.9 Å². The summed E-state index contributed by atoms with van der Waals surface area (Å²) in [4.78, 5) is 37.0. The molecule has 0 spiro atoms. The van der Waals surface area contributed by atoms with E-state index in [9.17, 15) is 29.0 Å². The molecule has 2 amide bonds. The Morgan fingerprint density at radius 2 is 1.93 bits per heavy atom. The average molecular weight is 422 g/mol. The smallest absolute Gasteiger partial charge is 0.328 e. The minimum absolute atomic E-state index is 0.0318. The van der Waals surface area contributed by atoms with Gasteiger partial charge in [-0.25, -0.2) is 9.18 Å². The molecule has 9 heteroatoms. The molecule has 1 aliphatic carbocycles. The topological polar surface area (TPSA) is 125 Å². The van der Waals surface area contributed by atoms with E-state index in [0.717, 1.165) is 6.07 Å². The van der Waals surface area contributed by atoms with Crippen molar-refractivity contribution in [3.05, 3.63) is 47.3 Å². The average Bonchev–Trinajstić information content (AvgIpc) is 2.69. The second kappa shape index (κ2) is 10.3. The maximum Gasteiger partial charge on any atom is 0.328 e. The molecule has 0 fully saturated rings. The summed E-state index contributed by atoms with van der Waals surface area (Å²) in [7, 11) is 1.22. The van der Waals surface area contributed by atoms with E-state index in [1.807, 2.05) is 13.8 Å². The van der Waals surface area contributed by atoms with E-state index in [2.05, 4.69) is 10.6 Å². The molecular weight excluding hydrogens is 395 g/mol. The molecule has 0 bridgehead atoms. The molecular formula is C21H27FN2O6. The minimum Gasteiger partial charge on any atom is -0.467 e. The Balaban J connectivity index is 2.17. The first kappa shape index (κ1) is 23.5. The van der Waals surface area contributed by atoms with Crippen LogP contribution in [0.2, 0.25) is 0 Å². The lowest BCUT2D eigenvalue weighted by atomic mass is 9.89. The van der Waals surface area contributed by atoms with Crippen LogP contribution in [0.15, 0.2) is 35.9 Å². The van der Waals surface area contributed by atoms with Gasteiger partial charge in [-0.15, -0.1) is 0 Å². The Morgan fingerprint density at radius 3 is 2.53 bits per heavy atom. The van der Waals surface area contributed by atoms with E-state index in [0.29, 0.717) is 6.42 Å². The van der Waals surface area contributed by atoms with Crippen molar-refractivity contribution in [3.8, 4) is 0 Å². The van der Waals surface area contributed by atoms with Crippen molar-refractivity contribution in [3.63, 3.8) is 0 Å². The van der Waals surface area contributed by atoms with Crippen LogP contribution < -0.4 is 10.6 Å². The number of carbonyl (C=O) groups is 3. The summed E-state index contributed by atoms with van der Waals surface area (Å²) in [6.07, 6.45) is -1.14. The summed E-state index contributed by atoms with van der Waals surface area (Å²) < 4.78 is 18.1. The molecule has 0 aromatic heterocycles. The molecule has 0 saturated heterocycles. The summed E-state index contributed by atoms with van der Waals surface area (Å²) in [6, 6.07) is 3.04. The van der Waals surface area contributed by atoms with Crippen LogP contribution in [0.3, 0.4) is 0 Å². The molecule has 0 aliphatic heterocycles. The van der Waals surface area contributed by atoms with Gasteiger partial charge in [0.1, 0.15) is 18.0 Å². The van der Waals surface area contributed by atoms with Crippen LogP contribution >= 0.6 is 0 Å². The Hall–Kier alpha value is -2.78. The standard InChI is InChI=1S/C21H27FN2O6/c1-11(2)7-16(21(29)30-3)24-20(28)13-9-15(18(26)17(25)10-13)23-19(27)12-5-4-6-14(22)8-12/h4-6,8-9,11,15-18,25-26H,7,10H2,1-3H3,(H,23,27)(H,24,28). The van der Waals surface area contributed by atoms with Gasteiger partial charge in [-0.2, -0.15) is 0 Å². The largest absolute Gasteiger partial charge is 0.467 e. The first-order chi connectivity index (χ1) is 14.1. The van der Waals surface area contributed by atoms with Gasteiger partial charge in [-0.05, 0) is 30.5 Å². The zero-order valence-corrected chi connectivity index (χ0v) is 17.1. The molecule has 2 rings (SSSR count). The van der Waals surface area contributed by atoms with Crippen molar-refractivity contribution in [1.82, 2.24) is 10.6 Å². The molecule has 4 atom stereocenters. The fourth-order valence-corrected chi connectivity index (χ4v) is 3.21. The number of carbonyl (C=O) groups excluding carboxylic acids is 3. The fraction of sp³-hybridized carbons (Fsp3) is 0.476. The summed E-state index contributed by atoms with van der Waals surface area (Å²) >= 11 is 0. The number of benzene rings is 1. The third-order valence-electron chi connectivity index (χ3n) is 4.75. The monoisotopic (exact) mass is 422 g/mol. The van der Waals surface area contributed by atoms with Crippen LogP contribution in [-0.4, -0.2) is 59.4 Å². The highest BCUT2D eigenvalue weighted by molar-refractivity contribution is 5.97. The Kier molecular flexibility index (Phi) is 8.08. The fourth-order valence-electron chi connectivity index (χ4n) is 3.21. The number of amides is 2. The lowest BCUT2D eigenvalue weighted by molar-refractivity contribution is -0.145. The molecule has 4 unspecified atom stereocenters. The third kappa shape index (κ3) is 6.11. The number of halogens is 1. The number of nitrogens with one attached hydrogen (secondary N) is 2. The van der Waals surface area contributed by atoms with Crippen molar-refractivity contribution in [1.29, 1.82) is 0 Å². The van der Waals surface area contributed by atoms with Gasteiger partial charge >= 0.3 is 5.97 Å². The number of methoxy groups -OCH3 is 1. The van der Waals surface area contributed by atoms with Gasteiger partial charge in [0.25, 0.3) is 5.91 Å². The van der Waals surface area contributed by atoms with E-state index in [-0.39, 0.29) is 23.5 Å². The van der Waals surface area contributed by atoms with Crippen molar-refractivity contribution in [2.45, 2.75) is 51.0 Å². The van der Waals surface area contributed by atoms with Gasteiger partial charge in [0.05, 0.1) is 19.3 Å². The number of aliphatic hydroxyl groups excluding tert-OH is 2. The van der Waals surface area contributed by atoms with Crippen LogP contribution in [-0.2, 0) is 14.3 Å². The van der Waals surface area contributed by atoms with Crippen LogP contribution in [0.25, 0.3) is 0 Å². The highest BCUT2D eigenvalue weighted by atomic mass is 19.1. The summed E-state index contributed by atoms with van der Waals surface area (Å²) in [5.74, 6) is -2.36. The van der Waals surface area contributed by atoms with Gasteiger partial charge in [0.2, 0.25) is 5.91 Å². The number of aliphatic hydroxyl groups is 2. The van der Waals surface area contributed by atoms with Gasteiger partial charge in [-0.1, -0.05) is 26.0 Å². The number of esters is 1. The molecule has 30 heavy (non-hydrogen) atoms. The predicted octanol–water partition coefficient (Wildman–Crippen LogP) is 0.680. The Bertz CT molecular complexity index is 825. The first-order valence-electron chi connectivity index (χ1n) is 9.64. The number of ether oxygens (including phenoxy) is 1. The lowest BCUT2D eigenvalue weighted by Crippen LogP contribution is -2.52. The molecule has 1 aromatic carbocycles. The Labute approximate surface area is 174 Å². The second-order valence-corrected chi connectivity index (χ2v) is 7.64. The highest BCUT2D eigenvalue weighted by Gasteiger charge is 2.35. The SMILES string of the molecule is COC(=O)C(CC(C)C)NC(=O)C1=CC(NC(=O)c2cccc(F)c2)C(O)C(O)C1. The molecule has 0 heterocycles. The maximum atomic E-state index is 13.3. The summed E-state index contributed by atoms with van der Waals surface area (Å²) in [5, 5.41) is 25.4.